The fourth-order valence-corrected chi connectivity index (χ4v) is 3.96. The summed E-state index contributed by atoms with van der Waals surface area (Å²) in [4.78, 5) is 19.1. The summed E-state index contributed by atoms with van der Waals surface area (Å²) in [5.41, 5.74) is -0.346. The van der Waals surface area contributed by atoms with Crippen molar-refractivity contribution in [2.45, 2.75) is 17.0 Å². The van der Waals surface area contributed by atoms with Gasteiger partial charge < -0.3 is 9.15 Å². The van der Waals surface area contributed by atoms with Crippen LogP contribution in [0.2, 0.25) is 0 Å². The summed E-state index contributed by atoms with van der Waals surface area (Å²) in [7, 11) is 0. The molecule has 0 spiro atoms. The highest BCUT2D eigenvalue weighted by Crippen LogP contribution is 2.30. The predicted octanol–water partition coefficient (Wildman–Crippen LogP) is 5.50. The average molecular weight is 367 g/mol. The van der Waals surface area contributed by atoms with Gasteiger partial charge in [-0.1, -0.05) is 18.2 Å². The van der Waals surface area contributed by atoms with Crippen LogP contribution < -0.4 is 10.4 Å². The molecule has 0 unspecified atom stereocenters. The molecule has 2 aromatic heterocycles. The van der Waals surface area contributed by atoms with E-state index in [1.165, 1.54) is 23.1 Å². The van der Waals surface area contributed by atoms with Crippen LogP contribution in [0.3, 0.4) is 0 Å². The fourth-order valence-electron chi connectivity index (χ4n) is 2.32. The van der Waals surface area contributed by atoms with Crippen LogP contribution >= 0.6 is 23.1 Å². The molecule has 0 N–H and O–H groups in total. The number of para-hydroxylation sites is 1. The number of aryl methyl sites for hydroxylation is 1. The first-order chi connectivity index (χ1) is 12.2. The van der Waals surface area contributed by atoms with E-state index in [1.54, 1.807) is 0 Å². The smallest absolute Gasteiger partial charge is 0.348 e. The Hall–Kier alpha value is -2.57. The first-order valence-electron chi connectivity index (χ1n) is 7.59. The van der Waals surface area contributed by atoms with E-state index in [-0.39, 0.29) is 5.63 Å². The molecule has 124 valence electrons. The van der Waals surface area contributed by atoms with Crippen LogP contribution in [0.1, 0.15) is 4.88 Å². The van der Waals surface area contributed by atoms with Crippen molar-refractivity contribution >= 4 is 33.3 Å². The molecule has 0 aliphatic carbocycles. The monoisotopic (exact) mass is 367 g/mol. The molecule has 0 amide bonds. The molecule has 0 saturated heterocycles. The van der Waals surface area contributed by atoms with Gasteiger partial charge in [-0.15, -0.1) is 11.3 Å². The summed E-state index contributed by atoms with van der Waals surface area (Å²) in [5.74, 6) is 1.53. The van der Waals surface area contributed by atoms with E-state index >= 15 is 0 Å². The summed E-state index contributed by atoms with van der Waals surface area (Å²) in [5, 5.41) is 0.884. The standard InChI is InChI=1S/C19H13NO3S2/c1-12-11-16-17(24-12)20-19(23-18(16)21)25-15-9-7-14(8-10-15)22-13-5-3-2-4-6-13/h2-11H,1H3. The topological polar surface area (TPSA) is 52.3 Å². The lowest BCUT2D eigenvalue weighted by molar-refractivity contribution is 0.402. The first kappa shape index (κ1) is 15.9. The van der Waals surface area contributed by atoms with Crippen LogP contribution in [0.4, 0.5) is 0 Å². The summed E-state index contributed by atoms with van der Waals surface area (Å²) < 4.78 is 11.1. The molecular weight excluding hydrogens is 354 g/mol. The van der Waals surface area contributed by atoms with Crippen molar-refractivity contribution in [2.75, 3.05) is 0 Å². The molecule has 4 nitrogen and oxygen atoms in total. The number of aromatic nitrogens is 1. The van der Waals surface area contributed by atoms with Gasteiger partial charge in [-0.3, -0.25) is 0 Å². The second-order valence-electron chi connectivity index (χ2n) is 5.33. The maximum atomic E-state index is 12.0. The Kier molecular flexibility index (Phi) is 4.29. The summed E-state index contributed by atoms with van der Waals surface area (Å²) in [6.45, 7) is 1.95. The van der Waals surface area contributed by atoms with Gasteiger partial charge in [-0.25, -0.2) is 4.79 Å². The SMILES string of the molecule is Cc1cc2c(=O)oc(Sc3ccc(Oc4ccccc4)cc3)nc2s1. The third-order valence-electron chi connectivity index (χ3n) is 3.44. The summed E-state index contributed by atoms with van der Waals surface area (Å²) >= 11 is 2.80. The lowest BCUT2D eigenvalue weighted by Crippen LogP contribution is -1.99. The van der Waals surface area contributed by atoms with Gasteiger partial charge >= 0.3 is 5.63 Å². The highest BCUT2D eigenvalue weighted by Gasteiger charge is 2.10. The van der Waals surface area contributed by atoms with Crippen LogP contribution in [0.25, 0.3) is 10.2 Å². The average Bonchev–Trinajstić information content (AvgIpc) is 2.99. The predicted molar refractivity (Wildman–Crippen MR) is 100.0 cm³/mol. The molecule has 0 aliphatic heterocycles. The lowest BCUT2D eigenvalue weighted by Gasteiger charge is -2.06. The maximum Gasteiger partial charge on any atom is 0.348 e. The highest BCUT2D eigenvalue weighted by atomic mass is 32.2. The Balaban J connectivity index is 1.54. The van der Waals surface area contributed by atoms with Crippen LogP contribution in [0.15, 0.2) is 80.0 Å². The third-order valence-corrected chi connectivity index (χ3v) is 5.24. The second-order valence-corrected chi connectivity index (χ2v) is 7.59. The van der Waals surface area contributed by atoms with Crippen molar-refractivity contribution in [3.05, 3.63) is 76.0 Å². The zero-order valence-electron chi connectivity index (χ0n) is 13.3. The summed E-state index contributed by atoms with van der Waals surface area (Å²) in [6, 6.07) is 19.0. The number of hydrogen-bond acceptors (Lipinski definition) is 6. The molecule has 0 saturated carbocycles. The highest BCUT2D eigenvalue weighted by molar-refractivity contribution is 7.99. The van der Waals surface area contributed by atoms with Gasteiger partial charge in [0.2, 0.25) is 0 Å². The van der Waals surface area contributed by atoms with E-state index in [2.05, 4.69) is 4.98 Å². The molecule has 25 heavy (non-hydrogen) atoms. The molecule has 0 radical (unpaired) electrons. The van der Waals surface area contributed by atoms with Crippen LogP contribution in [-0.2, 0) is 0 Å². The summed E-state index contributed by atoms with van der Waals surface area (Å²) in [6.07, 6.45) is 0. The molecule has 4 rings (SSSR count). The Morgan fingerprint density at radius 1 is 1.04 bits per heavy atom. The number of thiophene rings is 1. The van der Waals surface area contributed by atoms with Gasteiger partial charge in [0.05, 0.1) is 5.39 Å². The van der Waals surface area contributed by atoms with Gasteiger partial charge in [0, 0.05) is 9.77 Å². The van der Waals surface area contributed by atoms with E-state index in [0.29, 0.717) is 15.4 Å². The molecule has 0 aliphatic rings. The quantitative estimate of drug-likeness (QED) is 0.476. The van der Waals surface area contributed by atoms with Gasteiger partial charge in [-0.05, 0) is 61.2 Å². The Labute approximate surface area is 152 Å². The van der Waals surface area contributed by atoms with Crippen molar-refractivity contribution in [1.82, 2.24) is 4.98 Å². The zero-order valence-corrected chi connectivity index (χ0v) is 14.9. The van der Waals surface area contributed by atoms with Gasteiger partial charge in [0.1, 0.15) is 16.3 Å². The zero-order chi connectivity index (χ0) is 17.2. The molecule has 2 heterocycles. The first-order valence-corrected chi connectivity index (χ1v) is 9.23. The lowest BCUT2D eigenvalue weighted by atomic mass is 10.3. The molecule has 6 heteroatoms. The van der Waals surface area contributed by atoms with E-state index in [9.17, 15) is 4.79 Å². The maximum absolute atomic E-state index is 12.0. The number of rotatable bonds is 4. The Bertz CT molecular complexity index is 1070. The molecular formula is C19H13NO3S2. The van der Waals surface area contributed by atoms with Crippen molar-refractivity contribution in [3.63, 3.8) is 0 Å². The molecule has 2 aromatic carbocycles. The fraction of sp³-hybridized carbons (Fsp3) is 0.0526. The van der Waals surface area contributed by atoms with Crippen molar-refractivity contribution in [1.29, 1.82) is 0 Å². The van der Waals surface area contributed by atoms with E-state index in [1.807, 2.05) is 67.6 Å². The second kappa shape index (κ2) is 6.74. The van der Waals surface area contributed by atoms with Crippen LogP contribution in [0.5, 0.6) is 11.5 Å². The Morgan fingerprint density at radius 3 is 2.52 bits per heavy atom. The van der Waals surface area contributed by atoms with E-state index in [4.69, 9.17) is 9.15 Å². The third kappa shape index (κ3) is 3.60. The largest absolute Gasteiger partial charge is 0.457 e. The normalized spacial score (nSPS) is 10.9. The molecule has 0 atom stereocenters. The molecule has 4 aromatic rings. The molecule has 0 fully saturated rings. The van der Waals surface area contributed by atoms with Crippen LogP contribution in [0, 0.1) is 6.92 Å². The number of hydrogen-bond donors (Lipinski definition) is 0. The van der Waals surface area contributed by atoms with Gasteiger partial charge in [0.15, 0.2) is 0 Å². The number of benzene rings is 2. The number of nitrogens with zero attached hydrogens (tertiary/aromatic N) is 1. The minimum Gasteiger partial charge on any atom is -0.457 e. The minimum atomic E-state index is -0.346. The van der Waals surface area contributed by atoms with Crippen LogP contribution in [-0.4, -0.2) is 4.98 Å². The van der Waals surface area contributed by atoms with Crippen molar-refractivity contribution in [2.24, 2.45) is 0 Å². The Morgan fingerprint density at radius 2 is 1.76 bits per heavy atom. The number of ether oxygens (including phenoxy) is 1. The molecule has 0 bridgehead atoms. The minimum absolute atomic E-state index is 0.344. The van der Waals surface area contributed by atoms with Gasteiger partial charge in [-0.2, -0.15) is 4.98 Å². The van der Waals surface area contributed by atoms with Crippen molar-refractivity contribution in [3.8, 4) is 11.5 Å². The van der Waals surface area contributed by atoms with E-state index in [0.717, 1.165) is 21.3 Å². The van der Waals surface area contributed by atoms with Crippen molar-refractivity contribution < 1.29 is 9.15 Å². The number of fused-ring (bicyclic) bond motifs is 1. The van der Waals surface area contributed by atoms with E-state index < -0.39 is 0 Å². The van der Waals surface area contributed by atoms with Gasteiger partial charge in [0.25, 0.3) is 5.22 Å².